The van der Waals surface area contributed by atoms with Gasteiger partial charge in [0.25, 0.3) is 0 Å². The quantitative estimate of drug-likeness (QED) is 0.630. The fourth-order valence-corrected chi connectivity index (χ4v) is 1.94. The summed E-state index contributed by atoms with van der Waals surface area (Å²) in [4.78, 5) is 1.36. The van der Waals surface area contributed by atoms with E-state index in [1.165, 1.54) is 10.5 Å². The van der Waals surface area contributed by atoms with E-state index in [4.69, 9.17) is 0 Å². The maximum absolute atomic E-state index is 3.41. The van der Waals surface area contributed by atoms with Gasteiger partial charge in [-0.25, -0.2) is 0 Å². The molecule has 0 aliphatic carbocycles. The van der Waals surface area contributed by atoms with Gasteiger partial charge in [-0.3, -0.25) is 0 Å². The summed E-state index contributed by atoms with van der Waals surface area (Å²) in [5.74, 6) is 1.14. The van der Waals surface area contributed by atoms with E-state index in [1.807, 2.05) is 11.8 Å². The average molecular weight is 246 g/mol. The second-order valence-corrected chi connectivity index (χ2v) is 4.94. The van der Waals surface area contributed by atoms with Crippen molar-refractivity contribution in [2.24, 2.45) is 0 Å². The predicted octanol–water partition coefficient (Wildman–Crippen LogP) is 3.51. The minimum Gasteiger partial charge on any atom is -0.314 e. The van der Waals surface area contributed by atoms with Crippen LogP contribution in [0.25, 0.3) is 0 Å². The largest absolute Gasteiger partial charge is 0.314 e. The Labute approximate surface area is 103 Å². The molecule has 0 spiro atoms. The molecule has 0 aliphatic heterocycles. The van der Waals surface area contributed by atoms with E-state index in [0.29, 0.717) is 6.04 Å². The Hall–Kier alpha value is -0.180. The van der Waals surface area contributed by atoms with Crippen LogP contribution in [0.3, 0.4) is 0 Å². The molecule has 1 nitrogen and oxygen atoms in total. The monoisotopic (exact) mass is 245 g/mol. The third-order valence-corrected chi connectivity index (χ3v) is 2.96. The van der Waals surface area contributed by atoms with Crippen molar-refractivity contribution in [3.05, 3.63) is 29.8 Å². The zero-order valence-corrected chi connectivity index (χ0v) is 11.3. The smallest absolute Gasteiger partial charge is 0.0106 e. The molecule has 1 rings (SSSR count). The molecule has 0 amide bonds. The number of hydrogen-bond acceptors (Lipinski definition) is 2. The Morgan fingerprint density at radius 2 is 1.80 bits per heavy atom. The molecule has 86 valence electrons. The standard InChI is InChI=1S/C12H19NS.ClH/c1-10(2)13-8-9-14-12-6-4-11(3)5-7-12;/h4-7,10,13H,8-9H2,1-3H3;1H. The zero-order valence-electron chi connectivity index (χ0n) is 9.62. The minimum atomic E-state index is 0. The van der Waals surface area contributed by atoms with Gasteiger partial charge < -0.3 is 5.32 Å². The van der Waals surface area contributed by atoms with Crippen LogP contribution in [0.2, 0.25) is 0 Å². The molecule has 0 bridgehead atoms. The molecule has 0 atom stereocenters. The van der Waals surface area contributed by atoms with Crippen LogP contribution in [0.5, 0.6) is 0 Å². The van der Waals surface area contributed by atoms with Crippen LogP contribution in [0.4, 0.5) is 0 Å². The number of thioether (sulfide) groups is 1. The van der Waals surface area contributed by atoms with Crippen LogP contribution in [-0.4, -0.2) is 18.3 Å². The SMILES string of the molecule is Cc1ccc(SCCNC(C)C)cc1.Cl. The van der Waals surface area contributed by atoms with Gasteiger partial charge in [-0.05, 0) is 19.1 Å². The fourth-order valence-electron chi connectivity index (χ4n) is 1.15. The second-order valence-electron chi connectivity index (χ2n) is 3.77. The van der Waals surface area contributed by atoms with Crippen molar-refractivity contribution in [1.82, 2.24) is 5.32 Å². The number of rotatable bonds is 5. The molecule has 0 aromatic heterocycles. The summed E-state index contributed by atoms with van der Waals surface area (Å²) in [6.07, 6.45) is 0. The van der Waals surface area contributed by atoms with Gasteiger partial charge >= 0.3 is 0 Å². The van der Waals surface area contributed by atoms with Crippen LogP contribution in [0, 0.1) is 6.92 Å². The Morgan fingerprint density at radius 3 is 2.33 bits per heavy atom. The lowest BCUT2D eigenvalue weighted by Gasteiger charge is -2.07. The summed E-state index contributed by atoms with van der Waals surface area (Å²) >= 11 is 1.91. The maximum atomic E-state index is 3.41. The van der Waals surface area contributed by atoms with Gasteiger partial charge in [-0.15, -0.1) is 24.2 Å². The van der Waals surface area contributed by atoms with Gasteiger partial charge in [-0.1, -0.05) is 31.5 Å². The minimum absolute atomic E-state index is 0. The van der Waals surface area contributed by atoms with Crippen LogP contribution >= 0.6 is 24.2 Å². The molecule has 0 fully saturated rings. The normalized spacial score (nSPS) is 10.1. The lowest BCUT2D eigenvalue weighted by molar-refractivity contribution is 0.616. The molecule has 3 heteroatoms. The van der Waals surface area contributed by atoms with Crippen LogP contribution in [0.1, 0.15) is 19.4 Å². The Bertz CT molecular complexity index is 259. The van der Waals surface area contributed by atoms with E-state index >= 15 is 0 Å². The van der Waals surface area contributed by atoms with E-state index in [1.54, 1.807) is 0 Å². The fraction of sp³-hybridized carbons (Fsp3) is 0.500. The van der Waals surface area contributed by atoms with Gasteiger partial charge in [-0.2, -0.15) is 0 Å². The molecule has 0 radical (unpaired) electrons. The first-order valence-electron chi connectivity index (χ1n) is 5.11. The van der Waals surface area contributed by atoms with Crippen molar-refractivity contribution in [2.45, 2.75) is 31.7 Å². The Morgan fingerprint density at radius 1 is 1.20 bits per heavy atom. The molecular formula is C12H20ClNS. The van der Waals surface area contributed by atoms with E-state index in [-0.39, 0.29) is 12.4 Å². The van der Waals surface area contributed by atoms with E-state index in [9.17, 15) is 0 Å². The molecule has 1 N–H and O–H groups in total. The van der Waals surface area contributed by atoms with Crippen molar-refractivity contribution >= 4 is 24.2 Å². The Balaban J connectivity index is 0.00000196. The molecule has 0 unspecified atom stereocenters. The van der Waals surface area contributed by atoms with Crippen molar-refractivity contribution in [1.29, 1.82) is 0 Å². The molecular weight excluding hydrogens is 226 g/mol. The summed E-state index contributed by atoms with van der Waals surface area (Å²) in [6, 6.07) is 9.30. The summed E-state index contributed by atoms with van der Waals surface area (Å²) in [5.41, 5.74) is 1.33. The highest BCUT2D eigenvalue weighted by Crippen LogP contribution is 2.17. The topological polar surface area (TPSA) is 12.0 Å². The highest BCUT2D eigenvalue weighted by Gasteiger charge is 1.94. The van der Waals surface area contributed by atoms with Crippen LogP contribution in [0.15, 0.2) is 29.2 Å². The predicted molar refractivity (Wildman–Crippen MR) is 72.3 cm³/mol. The highest BCUT2D eigenvalue weighted by atomic mass is 35.5. The summed E-state index contributed by atoms with van der Waals surface area (Å²) in [6.45, 7) is 7.55. The lowest BCUT2D eigenvalue weighted by atomic mass is 10.2. The van der Waals surface area contributed by atoms with Crippen molar-refractivity contribution in [2.75, 3.05) is 12.3 Å². The summed E-state index contributed by atoms with van der Waals surface area (Å²) < 4.78 is 0. The number of benzene rings is 1. The summed E-state index contributed by atoms with van der Waals surface area (Å²) in [7, 11) is 0. The number of halogens is 1. The van der Waals surface area contributed by atoms with Crippen LogP contribution < -0.4 is 5.32 Å². The highest BCUT2D eigenvalue weighted by molar-refractivity contribution is 7.99. The molecule has 1 aromatic carbocycles. The molecule has 1 aromatic rings. The second kappa shape index (κ2) is 8.03. The first kappa shape index (κ1) is 14.8. The summed E-state index contributed by atoms with van der Waals surface area (Å²) in [5, 5.41) is 3.41. The third kappa shape index (κ3) is 6.82. The molecule has 0 saturated carbocycles. The van der Waals surface area contributed by atoms with E-state index in [0.717, 1.165) is 12.3 Å². The van der Waals surface area contributed by atoms with E-state index in [2.05, 4.69) is 50.4 Å². The van der Waals surface area contributed by atoms with Crippen molar-refractivity contribution in [3.63, 3.8) is 0 Å². The molecule has 0 aliphatic rings. The lowest BCUT2D eigenvalue weighted by Crippen LogP contribution is -2.24. The van der Waals surface area contributed by atoms with Gasteiger partial charge in [0, 0.05) is 23.2 Å². The number of hydrogen-bond donors (Lipinski definition) is 1. The van der Waals surface area contributed by atoms with Crippen molar-refractivity contribution in [3.8, 4) is 0 Å². The molecule has 0 saturated heterocycles. The number of aryl methyl sites for hydroxylation is 1. The first-order valence-corrected chi connectivity index (χ1v) is 6.10. The zero-order chi connectivity index (χ0) is 10.4. The Kier molecular flexibility index (Phi) is 7.93. The maximum Gasteiger partial charge on any atom is 0.0106 e. The van der Waals surface area contributed by atoms with Crippen LogP contribution in [-0.2, 0) is 0 Å². The van der Waals surface area contributed by atoms with Crippen molar-refractivity contribution < 1.29 is 0 Å². The van der Waals surface area contributed by atoms with Gasteiger partial charge in [0.2, 0.25) is 0 Å². The van der Waals surface area contributed by atoms with Gasteiger partial charge in [0.1, 0.15) is 0 Å². The van der Waals surface area contributed by atoms with Gasteiger partial charge in [0.05, 0.1) is 0 Å². The molecule has 0 heterocycles. The molecule has 15 heavy (non-hydrogen) atoms. The van der Waals surface area contributed by atoms with E-state index < -0.39 is 0 Å². The first-order chi connectivity index (χ1) is 6.68. The average Bonchev–Trinajstić information content (AvgIpc) is 2.15. The van der Waals surface area contributed by atoms with Gasteiger partial charge in [0.15, 0.2) is 0 Å². The number of nitrogens with one attached hydrogen (secondary N) is 1. The third-order valence-electron chi connectivity index (χ3n) is 1.94.